The number of imidazole rings is 1. The van der Waals surface area contributed by atoms with Crippen molar-refractivity contribution in [1.29, 1.82) is 0 Å². The fourth-order valence-corrected chi connectivity index (χ4v) is 9.61. The molecule has 3 aromatic heterocycles. The van der Waals surface area contributed by atoms with E-state index in [-0.39, 0.29) is 23.0 Å². The van der Waals surface area contributed by atoms with Gasteiger partial charge in [0.1, 0.15) is 17.3 Å². The molecule has 1 N–H and O–H groups in total. The van der Waals surface area contributed by atoms with E-state index in [0.29, 0.717) is 37.1 Å². The first-order chi connectivity index (χ1) is 27.4. The lowest BCUT2D eigenvalue weighted by atomic mass is 9.90. The predicted molar refractivity (Wildman–Crippen MR) is 215 cm³/mol. The van der Waals surface area contributed by atoms with Gasteiger partial charge in [0.05, 0.1) is 17.3 Å². The quantitative estimate of drug-likeness (QED) is 0.199. The molecule has 292 valence electrons. The van der Waals surface area contributed by atoms with Crippen LogP contribution in [-0.4, -0.2) is 77.6 Å². The Bertz CT molecular complexity index is 2300. The molecule has 4 aliphatic rings. The first-order valence-corrected chi connectivity index (χ1v) is 20.7. The second-order valence-electron chi connectivity index (χ2n) is 16.3. The summed E-state index contributed by atoms with van der Waals surface area (Å²) in [5.41, 5.74) is 3.26. The van der Waals surface area contributed by atoms with E-state index in [1.807, 2.05) is 30.5 Å². The van der Waals surface area contributed by atoms with Crippen LogP contribution in [0.3, 0.4) is 0 Å². The Morgan fingerprint density at radius 2 is 1.57 bits per heavy atom. The van der Waals surface area contributed by atoms with E-state index < -0.39 is 23.1 Å². The van der Waals surface area contributed by atoms with Crippen molar-refractivity contribution in [3.63, 3.8) is 0 Å². The molecule has 1 aliphatic carbocycles. The summed E-state index contributed by atoms with van der Waals surface area (Å²) in [7, 11) is 0. The highest BCUT2D eigenvalue weighted by Crippen LogP contribution is 2.29. The molecule has 0 radical (unpaired) electrons. The first kappa shape index (κ1) is 36.7. The van der Waals surface area contributed by atoms with Gasteiger partial charge >= 0.3 is 5.69 Å². The number of halogens is 1. The van der Waals surface area contributed by atoms with Crippen molar-refractivity contribution >= 4 is 16.9 Å². The van der Waals surface area contributed by atoms with Crippen LogP contribution in [0.1, 0.15) is 98.5 Å². The molecule has 2 saturated heterocycles. The SMILES string of the molecule is O=C(NC1CCC(n2c(=O)c3cc(F)cnc3n(-c3cccc(-c4ccc(CN5CCC(N6CCCCC6)CC5)cc4)c3)c2=O)CC1)c1cn2c(n1)CCCC2. The number of fused-ring (bicyclic) bond motifs is 2. The minimum Gasteiger partial charge on any atom is -0.348 e. The number of hydrogen-bond acceptors (Lipinski definition) is 7. The van der Waals surface area contributed by atoms with Gasteiger partial charge in [0.15, 0.2) is 5.65 Å². The molecular formula is C44H51FN8O3. The van der Waals surface area contributed by atoms with Crippen molar-refractivity contribution < 1.29 is 9.18 Å². The lowest BCUT2D eigenvalue weighted by molar-refractivity contribution is 0.0896. The third-order valence-corrected chi connectivity index (χ3v) is 12.7. The van der Waals surface area contributed by atoms with E-state index in [4.69, 9.17) is 0 Å². The molecule has 0 atom stereocenters. The Balaban J connectivity index is 0.916. The van der Waals surface area contributed by atoms with Gasteiger partial charge < -0.3 is 14.8 Å². The van der Waals surface area contributed by atoms with Crippen LogP contribution < -0.4 is 16.6 Å². The molecule has 56 heavy (non-hydrogen) atoms. The summed E-state index contributed by atoms with van der Waals surface area (Å²) in [4.78, 5) is 55.6. The molecule has 1 amide bonds. The number of likely N-dealkylation sites (tertiary alicyclic amines) is 2. The number of hydrogen-bond donors (Lipinski definition) is 1. The van der Waals surface area contributed by atoms with E-state index in [0.717, 1.165) is 74.6 Å². The van der Waals surface area contributed by atoms with E-state index >= 15 is 0 Å². The minimum absolute atomic E-state index is 0.0542. The number of nitrogens with one attached hydrogen (secondary N) is 1. The van der Waals surface area contributed by atoms with Crippen LogP contribution in [0.4, 0.5) is 4.39 Å². The zero-order valence-electron chi connectivity index (χ0n) is 32.0. The second-order valence-corrected chi connectivity index (χ2v) is 16.3. The number of nitrogens with zero attached hydrogens (tertiary/aromatic N) is 7. The smallest absolute Gasteiger partial charge is 0.337 e. The van der Waals surface area contributed by atoms with Gasteiger partial charge in [-0.2, -0.15) is 0 Å². The van der Waals surface area contributed by atoms with Gasteiger partial charge in [0.2, 0.25) is 0 Å². The summed E-state index contributed by atoms with van der Waals surface area (Å²) >= 11 is 0. The summed E-state index contributed by atoms with van der Waals surface area (Å²) in [6.45, 7) is 6.58. The molecule has 11 nitrogen and oxygen atoms in total. The highest BCUT2D eigenvalue weighted by atomic mass is 19.1. The number of carbonyl (C=O) groups excluding carboxylic acids is 1. The average molecular weight is 759 g/mol. The zero-order chi connectivity index (χ0) is 38.2. The van der Waals surface area contributed by atoms with Gasteiger partial charge in [0, 0.05) is 43.8 Å². The number of benzene rings is 2. The van der Waals surface area contributed by atoms with Gasteiger partial charge in [-0.1, -0.05) is 42.8 Å². The van der Waals surface area contributed by atoms with Gasteiger partial charge in [-0.15, -0.1) is 0 Å². The molecule has 1 saturated carbocycles. The molecule has 3 aliphatic heterocycles. The van der Waals surface area contributed by atoms with Crippen molar-refractivity contribution in [2.24, 2.45) is 0 Å². The van der Waals surface area contributed by atoms with Gasteiger partial charge in [-0.25, -0.2) is 23.7 Å². The Hall–Kier alpha value is -4.94. The van der Waals surface area contributed by atoms with E-state index in [1.165, 1.54) is 66.0 Å². The Morgan fingerprint density at radius 3 is 2.34 bits per heavy atom. The van der Waals surface area contributed by atoms with Gasteiger partial charge in [-0.05, 0) is 125 Å². The molecule has 3 fully saturated rings. The maximum Gasteiger partial charge on any atom is 0.337 e. The number of piperidine rings is 2. The molecular weight excluding hydrogens is 708 g/mol. The van der Waals surface area contributed by atoms with Crippen LogP contribution in [0.15, 0.2) is 76.6 Å². The fraction of sp³-hybridized carbons (Fsp3) is 0.477. The highest BCUT2D eigenvalue weighted by Gasteiger charge is 2.30. The lowest BCUT2D eigenvalue weighted by Crippen LogP contribution is -2.46. The van der Waals surface area contributed by atoms with E-state index in [9.17, 15) is 18.8 Å². The third kappa shape index (κ3) is 7.48. The fourth-order valence-electron chi connectivity index (χ4n) is 9.61. The molecule has 0 spiro atoms. The average Bonchev–Trinajstić information content (AvgIpc) is 3.68. The predicted octanol–water partition coefficient (Wildman–Crippen LogP) is 6.25. The molecule has 6 heterocycles. The molecule has 2 aromatic carbocycles. The van der Waals surface area contributed by atoms with Crippen LogP contribution in [0.2, 0.25) is 0 Å². The normalized spacial score (nSPS) is 21.2. The number of rotatable bonds is 8. The summed E-state index contributed by atoms with van der Waals surface area (Å²) in [5, 5.41) is 3.18. The minimum atomic E-state index is -0.640. The van der Waals surface area contributed by atoms with Crippen molar-refractivity contribution in [2.45, 2.75) is 108 Å². The Morgan fingerprint density at radius 1 is 0.804 bits per heavy atom. The number of amides is 1. The second kappa shape index (κ2) is 15.9. The zero-order valence-corrected chi connectivity index (χ0v) is 32.0. The Labute approximate surface area is 326 Å². The van der Waals surface area contributed by atoms with Crippen molar-refractivity contribution in [1.82, 2.24) is 38.8 Å². The van der Waals surface area contributed by atoms with Crippen LogP contribution >= 0.6 is 0 Å². The molecule has 5 aromatic rings. The van der Waals surface area contributed by atoms with Crippen LogP contribution in [0.5, 0.6) is 0 Å². The standard InChI is InChI=1S/C44H51FN8O3/c45-33-26-38-41(46-27-33)52(44(56)53(43(38)55)36-16-14-34(15-17-36)47-42(54)39-29-51-22-5-2-9-40(51)48-39)37-8-6-7-32(25-37)31-12-10-30(11-13-31)28-49-23-18-35(19-24-49)50-20-3-1-4-21-50/h6-8,10-13,25-27,29,34-36H,1-5,9,14-24,28H2,(H,47,54). The summed E-state index contributed by atoms with van der Waals surface area (Å²) < 4.78 is 19.4. The summed E-state index contributed by atoms with van der Waals surface area (Å²) in [6.07, 6.45) is 14.7. The maximum absolute atomic E-state index is 14.6. The third-order valence-electron chi connectivity index (χ3n) is 12.7. The largest absolute Gasteiger partial charge is 0.348 e. The molecule has 0 bridgehead atoms. The van der Waals surface area contributed by atoms with Crippen molar-refractivity contribution in [3.05, 3.63) is 111 Å². The molecule has 12 heteroatoms. The van der Waals surface area contributed by atoms with Crippen LogP contribution in [0, 0.1) is 5.82 Å². The van der Waals surface area contributed by atoms with Crippen LogP contribution in [0.25, 0.3) is 27.8 Å². The van der Waals surface area contributed by atoms with Gasteiger partial charge in [0.25, 0.3) is 11.5 Å². The van der Waals surface area contributed by atoms with E-state index in [2.05, 4.69) is 53.9 Å². The van der Waals surface area contributed by atoms with Gasteiger partial charge in [-0.3, -0.25) is 19.1 Å². The number of carbonyl (C=O) groups is 1. The molecule has 9 rings (SSSR count). The topological polar surface area (TPSA) is 110 Å². The number of aromatic nitrogens is 5. The van der Waals surface area contributed by atoms with Crippen molar-refractivity contribution in [3.8, 4) is 16.8 Å². The molecule has 0 unspecified atom stereocenters. The number of pyridine rings is 1. The summed E-state index contributed by atoms with van der Waals surface area (Å²) in [6, 6.07) is 17.7. The lowest BCUT2D eigenvalue weighted by Gasteiger charge is -2.40. The Kier molecular flexibility index (Phi) is 10.4. The van der Waals surface area contributed by atoms with Crippen LogP contribution in [-0.2, 0) is 19.5 Å². The van der Waals surface area contributed by atoms with E-state index in [1.54, 1.807) is 0 Å². The monoisotopic (exact) mass is 758 g/mol. The summed E-state index contributed by atoms with van der Waals surface area (Å²) in [5.74, 6) is 0.120. The highest BCUT2D eigenvalue weighted by molar-refractivity contribution is 5.92. The van der Waals surface area contributed by atoms with Crippen molar-refractivity contribution in [2.75, 3.05) is 26.2 Å². The number of aryl methyl sites for hydroxylation is 2. The first-order valence-electron chi connectivity index (χ1n) is 20.7. The maximum atomic E-state index is 14.6.